The van der Waals surface area contributed by atoms with Crippen LogP contribution in [0.15, 0.2) is 72.9 Å². The number of morpholine rings is 1. The van der Waals surface area contributed by atoms with Crippen molar-refractivity contribution in [1.82, 2.24) is 24.6 Å². The highest BCUT2D eigenvalue weighted by molar-refractivity contribution is 5.94. The van der Waals surface area contributed by atoms with Gasteiger partial charge in [0.15, 0.2) is 5.82 Å². The fourth-order valence-electron chi connectivity index (χ4n) is 4.38. The van der Waals surface area contributed by atoms with E-state index in [0.717, 1.165) is 33.1 Å². The molecule has 0 atom stereocenters. The maximum Gasteiger partial charge on any atom is 0.321 e. The van der Waals surface area contributed by atoms with Crippen LogP contribution in [0.25, 0.3) is 33.2 Å². The van der Waals surface area contributed by atoms with E-state index in [2.05, 4.69) is 21.8 Å². The van der Waals surface area contributed by atoms with Crippen LogP contribution in [0.3, 0.4) is 0 Å². The predicted octanol–water partition coefficient (Wildman–Crippen LogP) is 4.79. The molecule has 2 amide bonds. The van der Waals surface area contributed by atoms with Crippen LogP contribution < -0.4 is 10.6 Å². The molecule has 36 heavy (non-hydrogen) atoms. The monoisotopic (exact) mass is 479 g/mol. The number of carbonyl (C=O) groups excluding carboxylic acids is 1. The van der Waals surface area contributed by atoms with Gasteiger partial charge >= 0.3 is 6.03 Å². The van der Waals surface area contributed by atoms with Crippen LogP contribution in [0.5, 0.6) is 0 Å². The van der Waals surface area contributed by atoms with E-state index in [1.54, 1.807) is 4.90 Å². The largest absolute Gasteiger partial charge is 0.378 e. The first-order valence-electron chi connectivity index (χ1n) is 11.8. The summed E-state index contributed by atoms with van der Waals surface area (Å²) in [4.78, 5) is 24.1. The average molecular weight is 480 g/mol. The topological polar surface area (TPSA) is 97.2 Å². The lowest BCUT2D eigenvalue weighted by molar-refractivity contribution is 0.0564. The number of carbonyl (C=O) groups is 1. The summed E-state index contributed by atoms with van der Waals surface area (Å²) in [6, 6.07) is 21.5. The number of nitrogens with one attached hydrogen (secondary N) is 2. The number of anilines is 3. The molecular weight excluding hydrogens is 454 g/mol. The molecule has 0 bridgehead atoms. The van der Waals surface area contributed by atoms with Gasteiger partial charge in [0.05, 0.1) is 30.4 Å². The number of nitrogens with zero attached hydrogens (tertiary/aromatic N) is 5. The van der Waals surface area contributed by atoms with Crippen LogP contribution >= 0.6 is 0 Å². The number of aryl methyl sites for hydroxylation is 1. The lowest BCUT2D eigenvalue weighted by atomic mass is 10.1. The number of urea groups is 1. The lowest BCUT2D eigenvalue weighted by Gasteiger charge is -2.27. The van der Waals surface area contributed by atoms with E-state index >= 15 is 0 Å². The molecule has 0 aliphatic carbocycles. The Labute approximate surface area is 207 Å². The fraction of sp³-hybridized carbons (Fsp3) is 0.185. The van der Waals surface area contributed by atoms with Crippen molar-refractivity contribution in [3.8, 4) is 11.4 Å². The standard InChI is InChI=1S/C27H25N7O2/c1-33-24-10-9-21(16-19(24)17-28-33)29-26-22-7-2-3-8-23(22)31-25(32-26)18-5-4-6-20(15-18)30-27(35)34-11-13-36-14-12-34/h2-10,15-17H,11-14H2,1H3,(H,30,35)(H,29,31,32). The summed E-state index contributed by atoms with van der Waals surface area (Å²) in [5.74, 6) is 1.28. The van der Waals surface area contributed by atoms with Gasteiger partial charge in [-0.25, -0.2) is 14.8 Å². The number of benzene rings is 3. The van der Waals surface area contributed by atoms with Crippen molar-refractivity contribution in [2.45, 2.75) is 0 Å². The highest BCUT2D eigenvalue weighted by atomic mass is 16.5. The third-order valence-electron chi connectivity index (χ3n) is 6.28. The molecule has 0 unspecified atom stereocenters. The van der Waals surface area contributed by atoms with Crippen LogP contribution in [0, 0.1) is 0 Å². The summed E-state index contributed by atoms with van der Waals surface area (Å²) in [6.45, 7) is 2.28. The predicted molar refractivity (Wildman–Crippen MR) is 140 cm³/mol. The molecule has 5 aromatic rings. The smallest absolute Gasteiger partial charge is 0.321 e. The second kappa shape index (κ2) is 9.27. The van der Waals surface area contributed by atoms with Gasteiger partial charge in [0.1, 0.15) is 5.82 Å². The number of amides is 2. The molecule has 0 radical (unpaired) electrons. The second-order valence-corrected chi connectivity index (χ2v) is 8.69. The van der Waals surface area contributed by atoms with Gasteiger partial charge in [0.25, 0.3) is 0 Å². The maximum atomic E-state index is 12.7. The van der Waals surface area contributed by atoms with Gasteiger partial charge in [-0.1, -0.05) is 24.3 Å². The molecule has 2 N–H and O–H groups in total. The number of para-hydroxylation sites is 1. The summed E-state index contributed by atoms with van der Waals surface area (Å²) in [7, 11) is 1.93. The molecule has 180 valence electrons. The molecule has 1 aliphatic rings. The number of hydrogen-bond donors (Lipinski definition) is 2. The minimum Gasteiger partial charge on any atom is -0.378 e. The van der Waals surface area contributed by atoms with E-state index in [9.17, 15) is 4.79 Å². The van der Waals surface area contributed by atoms with Gasteiger partial charge in [0.2, 0.25) is 0 Å². The van der Waals surface area contributed by atoms with Gasteiger partial charge in [-0.05, 0) is 42.5 Å². The van der Waals surface area contributed by atoms with Gasteiger partial charge in [-0.3, -0.25) is 4.68 Å². The number of hydrogen-bond acceptors (Lipinski definition) is 6. The second-order valence-electron chi connectivity index (χ2n) is 8.69. The Bertz CT molecular complexity index is 1570. The first-order chi connectivity index (χ1) is 17.6. The minimum atomic E-state index is -0.136. The number of fused-ring (bicyclic) bond motifs is 2. The average Bonchev–Trinajstić information content (AvgIpc) is 3.29. The third-order valence-corrected chi connectivity index (χ3v) is 6.28. The number of rotatable bonds is 4. The highest BCUT2D eigenvalue weighted by Gasteiger charge is 2.17. The Morgan fingerprint density at radius 2 is 1.81 bits per heavy atom. The van der Waals surface area contributed by atoms with Gasteiger partial charge in [0, 0.05) is 47.8 Å². The molecule has 1 fully saturated rings. The molecule has 9 nitrogen and oxygen atoms in total. The summed E-state index contributed by atoms with van der Waals surface area (Å²) in [5.41, 5.74) is 4.31. The molecule has 9 heteroatoms. The lowest BCUT2D eigenvalue weighted by Crippen LogP contribution is -2.43. The zero-order valence-electron chi connectivity index (χ0n) is 19.8. The van der Waals surface area contributed by atoms with E-state index in [1.165, 1.54) is 0 Å². The van der Waals surface area contributed by atoms with E-state index in [0.29, 0.717) is 43.6 Å². The Morgan fingerprint density at radius 3 is 2.69 bits per heavy atom. The fourth-order valence-corrected chi connectivity index (χ4v) is 4.38. The SMILES string of the molecule is Cn1ncc2cc(Nc3nc(-c4cccc(NC(=O)N5CCOCC5)c4)nc4ccccc34)ccc21. The van der Waals surface area contributed by atoms with Crippen molar-refractivity contribution >= 4 is 45.0 Å². The van der Waals surface area contributed by atoms with E-state index in [1.807, 2.05) is 78.6 Å². The number of ether oxygens (including phenoxy) is 1. The van der Waals surface area contributed by atoms with E-state index in [4.69, 9.17) is 14.7 Å². The summed E-state index contributed by atoms with van der Waals surface area (Å²) in [6.07, 6.45) is 1.85. The van der Waals surface area contributed by atoms with Crippen molar-refractivity contribution < 1.29 is 9.53 Å². The summed E-state index contributed by atoms with van der Waals surface area (Å²) >= 11 is 0. The first kappa shape index (κ1) is 22.0. The van der Waals surface area contributed by atoms with Crippen LogP contribution in [0.4, 0.5) is 22.0 Å². The molecule has 3 heterocycles. The first-order valence-corrected chi connectivity index (χ1v) is 11.8. The van der Waals surface area contributed by atoms with Crippen LogP contribution in [-0.2, 0) is 11.8 Å². The minimum absolute atomic E-state index is 0.136. The Kier molecular flexibility index (Phi) is 5.67. The van der Waals surface area contributed by atoms with Crippen molar-refractivity contribution in [3.63, 3.8) is 0 Å². The van der Waals surface area contributed by atoms with E-state index < -0.39 is 0 Å². The molecule has 0 saturated carbocycles. The number of aromatic nitrogens is 4. The molecular formula is C27H25N7O2. The van der Waals surface area contributed by atoms with Gasteiger partial charge in [-0.15, -0.1) is 0 Å². The molecule has 6 rings (SSSR count). The summed E-state index contributed by atoms with van der Waals surface area (Å²) in [5, 5.41) is 12.8. The molecule has 3 aromatic carbocycles. The maximum absolute atomic E-state index is 12.7. The Morgan fingerprint density at radius 1 is 0.944 bits per heavy atom. The molecule has 2 aromatic heterocycles. The highest BCUT2D eigenvalue weighted by Crippen LogP contribution is 2.29. The van der Waals surface area contributed by atoms with Gasteiger partial charge in [-0.2, -0.15) is 5.10 Å². The quantitative estimate of drug-likeness (QED) is 0.385. The Balaban J connectivity index is 1.33. The third kappa shape index (κ3) is 4.32. The zero-order valence-corrected chi connectivity index (χ0v) is 19.8. The zero-order chi connectivity index (χ0) is 24.5. The molecule has 1 aliphatic heterocycles. The van der Waals surface area contributed by atoms with Crippen molar-refractivity contribution in [1.29, 1.82) is 0 Å². The van der Waals surface area contributed by atoms with Crippen LogP contribution in [-0.4, -0.2) is 57.0 Å². The Hall–Kier alpha value is -4.50. The van der Waals surface area contributed by atoms with Gasteiger partial charge < -0.3 is 20.3 Å². The van der Waals surface area contributed by atoms with E-state index in [-0.39, 0.29) is 6.03 Å². The normalized spacial score (nSPS) is 13.8. The molecule has 1 saturated heterocycles. The summed E-state index contributed by atoms with van der Waals surface area (Å²) < 4.78 is 7.19. The van der Waals surface area contributed by atoms with Crippen molar-refractivity contribution in [2.24, 2.45) is 7.05 Å². The van der Waals surface area contributed by atoms with Crippen molar-refractivity contribution in [3.05, 3.63) is 72.9 Å². The van der Waals surface area contributed by atoms with Crippen LogP contribution in [0.1, 0.15) is 0 Å². The van der Waals surface area contributed by atoms with Crippen molar-refractivity contribution in [2.75, 3.05) is 36.9 Å². The van der Waals surface area contributed by atoms with Crippen LogP contribution in [0.2, 0.25) is 0 Å². The molecule has 0 spiro atoms.